The van der Waals surface area contributed by atoms with Gasteiger partial charge >= 0.3 is 0 Å². The van der Waals surface area contributed by atoms with Crippen molar-refractivity contribution in [1.82, 2.24) is 0 Å². The fourth-order valence-electron chi connectivity index (χ4n) is 0. The van der Waals surface area contributed by atoms with Crippen molar-refractivity contribution in [2.45, 2.75) is 0 Å². The molecule has 0 unspecified atom stereocenters. The monoisotopic (exact) mass is 546 g/mol. The molecule has 0 aliphatic carbocycles. The Bertz CT molecular complexity index is 4.00. The molecule has 0 aromatic carbocycles. The van der Waals surface area contributed by atoms with E-state index in [1.807, 2.05) is 0 Å². The van der Waals surface area contributed by atoms with Gasteiger partial charge in [-0.3, -0.25) is 0 Å². The van der Waals surface area contributed by atoms with Gasteiger partial charge in [-0.15, -0.1) is 0 Å². The van der Waals surface area contributed by atoms with Gasteiger partial charge in [-0.05, 0) is 0 Å². The van der Waals surface area contributed by atoms with E-state index < -0.39 is 0 Å². The zero-order chi connectivity index (χ0) is 0. The van der Waals surface area contributed by atoms with Gasteiger partial charge in [-0.1, -0.05) is 0 Å². The van der Waals surface area contributed by atoms with Crippen LogP contribution in [0.2, 0.25) is 0 Å². The van der Waals surface area contributed by atoms with Gasteiger partial charge in [0.05, 0.1) is 0 Å². The zero-order valence-corrected chi connectivity index (χ0v) is 13.5. The Kier molecular flexibility index (Phi) is 102. The SMILES string of the molecule is [W].[W].[Y].[Y]. The molecule has 0 fully saturated rings. The zero-order valence-electron chi connectivity index (χ0n) is 1.97. The van der Waals surface area contributed by atoms with E-state index in [0.29, 0.717) is 0 Å². The Balaban J connectivity index is 0. The Morgan fingerprint density at radius 3 is 0.500 bits per heavy atom. The molecule has 2 radical (unpaired) electrons. The molecule has 0 N–H and O–H groups in total. The van der Waals surface area contributed by atoms with E-state index in [0.717, 1.165) is 0 Å². The predicted octanol–water partition coefficient (Wildman–Crippen LogP) is -0.0100. The molecular weight excluding hydrogens is 545 g/mol. The maximum absolute atomic E-state index is 0. The van der Waals surface area contributed by atoms with E-state index in [1.165, 1.54) is 0 Å². The van der Waals surface area contributed by atoms with Crippen LogP contribution in [0.15, 0.2) is 0 Å². The summed E-state index contributed by atoms with van der Waals surface area (Å²) in [5, 5.41) is 0. The minimum absolute atomic E-state index is 0. The molecule has 0 aliphatic heterocycles. The first-order valence-electron chi connectivity index (χ1n) is 0. The molecule has 0 aromatic heterocycles. The van der Waals surface area contributed by atoms with Crippen LogP contribution >= 0.6 is 0 Å². The molecule has 0 heterocycles. The third-order valence-electron chi connectivity index (χ3n) is 0. The summed E-state index contributed by atoms with van der Waals surface area (Å²) in [6.45, 7) is 0. The molecule has 0 saturated heterocycles. The summed E-state index contributed by atoms with van der Waals surface area (Å²) in [4.78, 5) is 0. The molecule has 4 heteroatoms. The summed E-state index contributed by atoms with van der Waals surface area (Å²) in [5.74, 6) is 0. The number of hydrogen-bond acceptors (Lipinski definition) is 0. The third-order valence-corrected chi connectivity index (χ3v) is 0. The third kappa shape index (κ3) is 9.14. The van der Waals surface area contributed by atoms with Crippen LogP contribution in [0.4, 0.5) is 0 Å². The second kappa shape index (κ2) is 16.0. The smallest absolute Gasteiger partial charge is 0 e. The summed E-state index contributed by atoms with van der Waals surface area (Å²) in [6.07, 6.45) is 0. The maximum atomic E-state index is 0. The Morgan fingerprint density at radius 2 is 0.500 bits per heavy atom. The topological polar surface area (TPSA) is 0 Å². The van der Waals surface area contributed by atoms with Crippen molar-refractivity contribution < 1.29 is 108 Å². The first kappa shape index (κ1) is 25.6. The van der Waals surface area contributed by atoms with Gasteiger partial charge in [0.15, 0.2) is 0 Å². The van der Waals surface area contributed by atoms with Crippen LogP contribution in [0.5, 0.6) is 0 Å². The summed E-state index contributed by atoms with van der Waals surface area (Å²) < 4.78 is 0. The predicted molar refractivity (Wildman–Crippen MR) is 0 cm³/mol. The van der Waals surface area contributed by atoms with Crippen LogP contribution in [0, 0.1) is 0 Å². The van der Waals surface area contributed by atoms with Crippen molar-refractivity contribution in [2.75, 3.05) is 0 Å². The molecule has 0 amide bonds. The van der Waals surface area contributed by atoms with Crippen molar-refractivity contribution in [3.05, 3.63) is 0 Å². The van der Waals surface area contributed by atoms with Gasteiger partial charge < -0.3 is 0 Å². The van der Waals surface area contributed by atoms with Gasteiger partial charge in [-0.25, -0.2) is 0 Å². The van der Waals surface area contributed by atoms with Crippen LogP contribution in [0.25, 0.3) is 0 Å². The summed E-state index contributed by atoms with van der Waals surface area (Å²) in [6, 6.07) is 0. The molecule has 0 atom stereocenters. The van der Waals surface area contributed by atoms with Crippen LogP contribution in [-0.4, -0.2) is 0 Å². The Hall–Kier alpha value is 3.58. The van der Waals surface area contributed by atoms with E-state index in [2.05, 4.69) is 0 Å². The van der Waals surface area contributed by atoms with Crippen molar-refractivity contribution in [2.24, 2.45) is 0 Å². The van der Waals surface area contributed by atoms with E-state index in [9.17, 15) is 0 Å². The molecule has 0 aliphatic rings. The van der Waals surface area contributed by atoms with E-state index in [-0.39, 0.29) is 108 Å². The van der Waals surface area contributed by atoms with Crippen molar-refractivity contribution in [3.63, 3.8) is 0 Å². The summed E-state index contributed by atoms with van der Waals surface area (Å²) in [5.41, 5.74) is 0. The molecule has 0 aromatic rings. The van der Waals surface area contributed by atoms with Crippen molar-refractivity contribution in [1.29, 1.82) is 0 Å². The quantitative estimate of drug-likeness (QED) is 0.402. The molecular formula is W2Y2. The van der Waals surface area contributed by atoms with Crippen molar-refractivity contribution >= 4 is 0 Å². The Labute approximate surface area is 105 Å². The normalized spacial score (nSPS) is 0. The van der Waals surface area contributed by atoms with Gasteiger partial charge in [0, 0.05) is 108 Å². The maximum Gasteiger partial charge on any atom is 0 e. The average molecular weight is 545 g/mol. The van der Waals surface area contributed by atoms with Gasteiger partial charge in [0.25, 0.3) is 0 Å². The average Bonchev–Trinajstić information content (AvgIpc) is 0. The summed E-state index contributed by atoms with van der Waals surface area (Å²) in [7, 11) is 0. The Morgan fingerprint density at radius 1 is 0.500 bits per heavy atom. The molecule has 0 bridgehead atoms. The second-order valence-electron chi connectivity index (χ2n) is 0. The van der Waals surface area contributed by atoms with E-state index in [4.69, 9.17) is 0 Å². The number of rotatable bonds is 0. The first-order chi connectivity index (χ1) is 0. The molecule has 0 saturated carbocycles. The molecule has 0 spiro atoms. The minimum Gasteiger partial charge on any atom is 0 e. The van der Waals surface area contributed by atoms with Crippen LogP contribution in [0.1, 0.15) is 0 Å². The first-order valence-corrected chi connectivity index (χ1v) is 0. The molecule has 0 nitrogen and oxygen atoms in total. The summed E-state index contributed by atoms with van der Waals surface area (Å²) >= 11 is 0. The van der Waals surface area contributed by atoms with Crippen molar-refractivity contribution in [3.8, 4) is 0 Å². The molecule has 18 valence electrons. The molecule has 4 heavy (non-hydrogen) atoms. The fourth-order valence-corrected chi connectivity index (χ4v) is 0. The standard InChI is InChI=1S/2W.2Y. The van der Waals surface area contributed by atoms with Gasteiger partial charge in [0.1, 0.15) is 0 Å². The minimum atomic E-state index is 0. The second-order valence-corrected chi connectivity index (χ2v) is 0. The van der Waals surface area contributed by atoms with Crippen LogP contribution < -0.4 is 0 Å². The van der Waals surface area contributed by atoms with Crippen LogP contribution in [0.3, 0.4) is 0 Å². The molecule has 0 rings (SSSR count). The number of hydrogen-bond donors (Lipinski definition) is 0. The van der Waals surface area contributed by atoms with Gasteiger partial charge in [-0.2, -0.15) is 0 Å². The van der Waals surface area contributed by atoms with E-state index >= 15 is 0 Å². The van der Waals surface area contributed by atoms with Crippen LogP contribution in [-0.2, 0) is 108 Å². The van der Waals surface area contributed by atoms with E-state index in [1.54, 1.807) is 0 Å². The fraction of sp³-hybridized carbons (Fsp3) is 0. The van der Waals surface area contributed by atoms with Gasteiger partial charge in [0.2, 0.25) is 0 Å². The largest absolute Gasteiger partial charge is 0 e.